The predicted octanol–water partition coefficient (Wildman–Crippen LogP) is 3.63. The van der Waals surface area contributed by atoms with Gasteiger partial charge in [-0.1, -0.05) is 12.1 Å². The Labute approximate surface area is 155 Å². The van der Waals surface area contributed by atoms with Crippen LogP contribution in [-0.4, -0.2) is 32.8 Å². The number of urea groups is 1. The molecule has 0 aliphatic rings. The second-order valence-electron chi connectivity index (χ2n) is 5.65. The molecule has 2 rings (SSSR count). The number of carbonyl (C=O) groups is 1. The maximum atomic E-state index is 12.5. The number of rotatable bonds is 8. The number of halogens is 3. The Balaban J connectivity index is 1.60. The molecule has 0 unspecified atom stereocenters. The van der Waals surface area contributed by atoms with Gasteiger partial charge in [-0.15, -0.1) is 0 Å². The zero-order chi connectivity index (χ0) is 19.7. The van der Waals surface area contributed by atoms with Crippen molar-refractivity contribution in [1.82, 2.24) is 10.6 Å². The number of nitrogens with one attached hydrogen (secondary N) is 2. The summed E-state index contributed by atoms with van der Waals surface area (Å²) in [5.41, 5.74) is 0.0277. The minimum Gasteiger partial charge on any atom is -0.497 e. The maximum absolute atomic E-state index is 12.5. The summed E-state index contributed by atoms with van der Waals surface area (Å²) >= 11 is 0. The monoisotopic (exact) mass is 382 g/mol. The van der Waals surface area contributed by atoms with Gasteiger partial charge < -0.3 is 20.1 Å². The van der Waals surface area contributed by atoms with Gasteiger partial charge in [0.1, 0.15) is 18.1 Å². The van der Waals surface area contributed by atoms with Crippen molar-refractivity contribution in [2.45, 2.75) is 12.6 Å². The molecule has 5 nitrogen and oxygen atoms in total. The number of methoxy groups -OCH3 is 1. The molecule has 0 aliphatic heterocycles. The summed E-state index contributed by atoms with van der Waals surface area (Å²) in [7, 11) is 1.58. The molecule has 2 aromatic carbocycles. The zero-order valence-corrected chi connectivity index (χ0v) is 14.8. The number of benzene rings is 2. The molecule has 0 bridgehead atoms. The Hall–Kier alpha value is -2.90. The molecule has 0 saturated carbocycles. The van der Waals surface area contributed by atoms with Gasteiger partial charge in [-0.25, -0.2) is 4.79 Å². The molecule has 8 heteroatoms. The van der Waals surface area contributed by atoms with Gasteiger partial charge in [0.15, 0.2) is 0 Å². The number of hydrogen-bond acceptors (Lipinski definition) is 3. The summed E-state index contributed by atoms with van der Waals surface area (Å²) in [5.74, 6) is 1.40. The molecule has 0 atom stereocenters. The molecule has 27 heavy (non-hydrogen) atoms. The van der Waals surface area contributed by atoms with E-state index < -0.39 is 11.7 Å². The average molecular weight is 382 g/mol. The fraction of sp³-hybridized carbons (Fsp3) is 0.316. The fourth-order valence-corrected chi connectivity index (χ4v) is 2.25. The molecular formula is C19H21F3N2O3. The topological polar surface area (TPSA) is 59.6 Å². The highest BCUT2D eigenvalue weighted by Crippen LogP contribution is 2.29. The second kappa shape index (κ2) is 9.70. The molecule has 0 aromatic heterocycles. The Morgan fingerprint density at radius 2 is 1.52 bits per heavy atom. The molecule has 0 radical (unpaired) electrons. The van der Waals surface area contributed by atoms with Gasteiger partial charge in [0.05, 0.1) is 19.2 Å². The summed E-state index contributed by atoms with van der Waals surface area (Å²) in [6.07, 6.45) is -3.90. The van der Waals surface area contributed by atoms with E-state index in [2.05, 4.69) is 10.6 Å². The highest BCUT2D eigenvalue weighted by molar-refractivity contribution is 5.73. The lowest BCUT2D eigenvalue weighted by Crippen LogP contribution is -2.38. The van der Waals surface area contributed by atoms with Crippen LogP contribution in [0.1, 0.15) is 11.1 Å². The van der Waals surface area contributed by atoms with Gasteiger partial charge >= 0.3 is 12.2 Å². The molecule has 0 heterocycles. The average Bonchev–Trinajstić information content (AvgIpc) is 2.65. The van der Waals surface area contributed by atoms with E-state index in [0.717, 1.165) is 17.9 Å². The van der Waals surface area contributed by atoms with Crippen molar-refractivity contribution in [1.29, 1.82) is 0 Å². The van der Waals surface area contributed by atoms with Crippen LogP contribution >= 0.6 is 0 Å². The predicted molar refractivity (Wildman–Crippen MR) is 95.0 cm³/mol. The third-order valence-corrected chi connectivity index (χ3v) is 3.70. The number of ether oxygens (including phenoxy) is 2. The van der Waals surface area contributed by atoms with Crippen LogP contribution < -0.4 is 20.1 Å². The Morgan fingerprint density at radius 1 is 0.926 bits per heavy atom. The van der Waals surface area contributed by atoms with Crippen LogP contribution in [-0.2, 0) is 12.6 Å². The molecule has 146 valence electrons. The van der Waals surface area contributed by atoms with E-state index in [-0.39, 0.29) is 6.03 Å². The van der Waals surface area contributed by atoms with Crippen molar-refractivity contribution in [2.75, 3.05) is 26.8 Å². The molecule has 2 N–H and O–H groups in total. The molecule has 0 fully saturated rings. The minimum absolute atomic E-state index is 0.304. The van der Waals surface area contributed by atoms with E-state index in [1.165, 1.54) is 12.1 Å². The van der Waals surface area contributed by atoms with E-state index in [0.29, 0.717) is 37.4 Å². The van der Waals surface area contributed by atoms with Crippen LogP contribution in [0.2, 0.25) is 0 Å². The van der Waals surface area contributed by atoms with E-state index in [1.54, 1.807) is 31.4 Å². The molecule has 0 spiro atoms. The van der Waals surface area contributed by atoms with Crippen LogP contribution in [0, 0.1) is 0 Å². The fourth-order valence-electron chi connectivity index (χ4n) is 2.25. The first-order valence-electron chi connectivity index (χ1n) is 8.33. The SMILES string of the molecule is COc1ccc(OCCNC(=O)NCCc2ccc(C(F)(F)F)cc2)cc1. The first-order chi connectivity index (χ1) is 12.9. The molecule has 2 aromatic rings. The maximum Gasteiger partial charge on any atom is 0.416 e. The molecule has 0 saturated heterocycles. The van der Waals surface area contributed by atoms with Crippen molar-refractivity contribution in [2.24, 2.45) is 0 Å². The van der Waals surface area contributed by atoms with E-state index in [4.69, 9.17) is 9.47 Å². The smallest absolute Gasteiger partial charge is 0.416 e. The van der Waals surface area contributed by atoms with E-state index >= 15 is 0 Å². The van der Waals surface area contributed by atoms with Crippen molar-refractivity contribution in [3.05, 3.63) is 59.7 Å². The van der Waals surface area contributed by atoms with Crippen molar-refractivity contribution < 1.29 is 27.4 Å². The third-order valence-electron chi connectivity index (χ3n) is 3.70. The lowest BCUT2D eigenvalue weighted by atomic mass is 10.1. The van der Waals surface area contributed by atoms with Crippen LogP contribution in [0.5, 0.6) is 11.5 Å². The van der Waals surface area contributed by atoms with Crippen molar-refractivity contribution in [3.8, 4) is 11.5 Å². The first-order valence-corrected chi connectivity index (χ1v) is 8.33. The Bertz CT molecular complexity index is 716. The van der Waals surface area contributed by atoms with Crippen LogP contribution in [0.4, 0.5) is 18.0 Å². The third kappa shape index (κ3) is 7.08. The summed E-state index contributed by atoms with van der Waals surface area (Å²) < 4.78 is 48.0. The Morgan fingerprint density at radius 3 is 2.11 bits per heavy atom. The van der Waals surface area contributed by atoms with Gasteiger partial charge in [-0.3, -0.25) is 0 Å². The zero-order valence-electron chi connectivity index (χ0n) is 14.8. The summed E-state index contributed by atoms with van der Waals surface area (Å²) in [5, 5.41) is 5.29. The van der Waals surface area contributed by atoms with Gasteiger partial charge in [-0.05, 0) is 48.4 Å². The standard InChI is InChI=1S/C19H21F3N2O3/c1-26-16-6-8-17(9-7-16)27-13-12-24-18(25)23-11-10-14-2-4-15(5-3-14)19(20,21)22/h2-9H,10-13H2,1H3,(H2,23,24,25). The summed E-state index contributed by atoms with van der Waals surface area (Å²) in [6.45, 7) is 0.938. The summed E-state index contributed by atoms with van der Waals surface area (Å²) in [4.78, 5) is 11.7. The lowest BCUT2D eigenvalue weighted by Gasteiger charge is -2.10. The van der Waals surface area contributed by atoms with Gasteiger partial charge in [-0.2, -0.15) is 13.2 Å². The second-order valence-corrected chi connectivity index (χ2v) is 5.65. The minimum atomic E-state index is -4.34. The number of carbonyl (C=O) groups excluding carboxylic acids is 1. The Kier molecular flexibility index (Phi) is 7.34. The van der Waals surface area contributed by atoms with Crippen LogP contribution in [0.3, 0.4) is 0 Å². The van der Waals surface area contributed by atoms with Crippen LogP contribution in [0.15, 0.2) is 48.5 Å². The molecular weight excluding hydrogens is 361 g/mol. The first kappa shape index (κ1) is 20.4. The van der Waals surface area contributed by atoms with Crippen molar-refractivity contribution in [3.63, 3.8) is 0 Å². The summed E-state index contributed by atoms with van der Waals surface area (Å²) in [6, 6.07) is 11.6. The highest BCUT2D eigenvalue weighted by Gasteiger charge is 2.29. The van der Waals surface area contributed by atoms with Gasteiger partial charge in [0, 0.05) is 6.54 Å². The van der Waals surface area contributed by atoms with Crippen LogP contribution in [0.25, 0.3) is 0 Å². The van der Waals surface area contributed by atoms with Gasteiger partial charge in [0.2, 0.25) is 0 Å². The van der Waals surface area contributed by atoms with Gasteiger partial charge in [0.25, 0.3) is 0 Å². The van der Waals surface area contributed by atoms with E-state index in [9.17, 15) is 18.0 Å². The number of hydrogen-bond donors (Lipinski definition) is 2. The molecule has 2 amide bonds. The largest absolute Gasteiger partial charge is 0.497 e. The normalized spacial score (nSPS) is 11.0. The number of alkyl halides is 3. The highest BCUT2D eigenvalue weighted by atomic mass is 19.4. The molecule has 0 aliphatic carbocycles. The van der Waals surface area contributed by atoms with Crippen molar-refractivity contribution >= 4 is 6.03 Å². The number of amides is 2. The van der Waals surface area contributed by atoms with E-state index in [1.807, 2.05) is 0 Å². The lowest BCUT2D eigenvalue weighted by molar-refractivity contribution is -0.137. The quantitative estimate of drug-likeness (QED) is 0.686.